The van der Waals surface area contributed by atoms with E-state index in [1.165, 1.54) is 11.8 Å². The number of sulfone groups is 1. The number of amides is 2. The summed E-state index contributed by atoms with van der Waals surface area (Å²) >= 11 is 1.60. The van der Waals surface area contributed by atoms with Crippen LogP contribution in [0.2, 0.25) is 0 Å². The van der Waals surface area contributed by atoms with Gasteiger partial charge in [-0.15, -0.1) is 11.3 Å². The number of hydrogen-bond acceptors (Lipinski definition) is 5. The summed E-state index contributed by atoms with van der Waals surface area (Å²) in [6, 6.07) is 8.55. The first-order chi connectivity index (χ1) is 13.1. The molecule has 1 unspecified atom stereocenters. The van der Waals surface area contributed by atoms with Crippen LogP contribution in [0.15, 0.2) is 46.2 Å². The number of carbonyl (C=O) groups excluding carboxylic acids is 2. The van der Waals surface area contributed by atoms with E-state index in [9.17, 15) is 18.0 Å². The number of imide groups is 1. The Balaban J connectivity index is 1.83. The summed E-state index contributed by atoms with van der Waals surface area (Å²) in [4.78, 5) is 28.2. The van der Waals surface area contributed by atoms with Crippen molar-refractivity contribution >= 4 is 38.7 Å². The van der Waals surface area contributed by atoms with Crippen molar-refractivity contribution < 1.29 is 18.0 Å². The van der Waals surface area contributed by atoms with E-state index < -0.39 is 21.2 Å². The highest BCUT2D eigenvalue weighted by molar-refractivity contribution is 7.91. The van der Waals surface area contributed by atoms with Gasteiger partial charge in [-0.25, -0.2) is 13.3 Å². The van der Waals surface area contributed by atoms with Gasteiger partial charge in [-0.2, -0.15) is 0 Å². The van der Waals surface area contributed by atoms with Crippen molar-refractivity contribution in [1.82, 2.24) is 4.90 Å². The summed E-state index contributed by atoms with van der Waals surface area (Å²) in [5, 5.41) is 1.95. The molecule has 1 atom stereocenters. The molecule has 2 amide bonds. The number of rotatable bonds is 3. The predicted molar refractivity (Wildman–Crippen MR) is 108 cm³/mol. The molecule has 0 spiro atoms. The molecule has 0 bridgehead atoms. The normalized spacial score (nSPS) is 21.7. The lowest BCUT2D eigenvalue weighted by Crippen LogP contribution is -2.41. The van der Waals surface area contributed by atoms with Crippen LogP contribution in [0.3, 0.4) is 0 Å². The third-order valence-electron chi connectivity index (χ3n) is 5.63. The predicted octanol–water partition coefficient (Wildman–Crippen LogP) is 3.58. The van der Waals surface area contributed by atoms with Crippen molar-refractivity contribution in [3.63, 3.8) is 0 Å². The van der Waals surface area contributed by atoms with E-state index in [0.717, 1.165) is 28.0 Å². The lowest BCUT2D eigenvalue weighted by Gasteiger charge is -2.26. The Kier molecular flexibility index (Phi) is 4.35. The number of carbonyl (C=O) groups is 2. The molecule has 146 valence electrons. The maximum Gasteiger partial charge on any atom is 0.244 e. The molecule has 2 aromatic rings. The molecular weight excluding hydrogens is 394 g/mol. The second-order valence-electron chi connectivity index (χ2n) is 7.65. The van der Waals surface area contributed by atoms with Gasteiger partial charge in [0.05, 0.1) is 21.8 Å². The van der Waals surface area contributed by atoms with Crippen LogP contribution < -0.4 is 0 Å². The monoisotopic (exact) mass is 415 g/mol. The van der Waals surface area contributed by atoms with Crippen LogP contribution in [0, 0.1) is 12.3 Å². The van der Waals surface area contributed by atoms with Gasteiger partial charge in [0.15, 0.2) is 9.84 Å². The number of thiophene rings is 1. The van der Waals surface area contributed by atoms with E-state index in [1.54, 1.807) is 42.5 Å². The molecule has 0 fully saturated rings. The summed E-state index contributed by atoms with van der Waals surface area (Å²) < 4.78 is 26.2. The number of benzene rings is 1. The quantitative estimate of drug-likeness (QED) is 0.768. The molecule has 1 aromatic heterocycles. The number of fused-ring (bicyclic) bond motifs is 2. The Morgan fingerprint density at radius 2 is 1.86 bits per heavy atom. The molecule has 7 heteroatoms. The second kappa shape index (κ2) is 6.39. The average molecular weight is 416 g/mol. The summed E-state index contributed by atoms with van der Waals surface area (Å²) in [6.45, 7) is 4.90. The zero-order valence-corrected chi connectivity index (χ0v) is 17.6. The van der Waals surface area contributed by atoms with Crippen molar-refractivity contribution in [2.45, 2.75) is 38.5 Å². The van der Waals surface area contributed by atoms with E-state index in [2.05, 4.69) is 0 Å². The molecule has 0 saturated heterocycles. The van der Waals surface area contributed by atoms with Crippen LogP contribution in [0.4, 0.5) is 0 Å². The number of hydrogen-bond donors (Lipinski definition) is 0. The highest BCUT2D eigenvalue weighted by Crippen LogP contribution is 2.51. The zero-order valence-electron chi connectivity index (χ0n) is 16.0. The SMILES string of the molecule is CC(=O)N1C(=O)C(C)(CS(=O)(=O)c2ccc(C)cc2)C2=C1c1ccsc1CC2. The van der Waals surface area contributed by atoms with E-state index in [0.29, 0.717) is 12.1 Å². The Morgan fingerprint density at radius 1 is 1.18 bits per heavy atom. The Hall–Kier alpha value is -2.25. The molecule has 2 heterocycles. The van der Waals surface area contributed by atoms with Crippen molar-refractivity contribution in [2.75, 3.05) is 5.75 Å². The van der Waals surface area contributed by atoms with Gasteiger partial charge in [0.1, 0.15) is 0 Å². The largest absolute Gasteiger partial charge is 0.274 e. The number of nitrogens with zero attached hydrogens (tertiary/aromatic N) is 1. The van der Waals surface area contributed by atoms with E-state index in [4.69, 9.17) is 0 Å². The molecule has 1 aromatic carbocycles. The van der Waals surface area contributed by atoms with Crippen LogP contribution in [-0.4, -0.2) is 30.9 Å². The van der Waals surface area contributed by atoms with Crippen molar-refractivity contribution in [3.8, 4) is 0 Å². The van der Waals surface area contributed by atoms with Crippen molar-refractivity contribution in [3.05, 3.63) is 57.3 Å². The molecule has 0 saturated carbocycles. The van der Waals surface area contributed by atoms with Crippen LogP contribution >= 0.6 is 11.3 Å². The Bertz CT molecular complexity index is 1130. The highest BCUT2D eigenvalue weighted by Gasteiger charge is 2.54. The van der Waals surface area contributed by atoms with Crippen LogP contribution in [0.5, 0.6) is 0 Å². The fourth-order valence-corrected chi connectivity index (χ4v) is 6.85. The maximum atomic E-state index is 13.3. The molecular formula is C21H21NO4S2. The third kappa shape index (κ3) is 2.76. The molecule has 5 nitrogen and oxygen atoms in total. The summed E-state index contributed by atoms with van der Waals surface area (Å²) in [7, 11) is -3.71. The van der Waals surface area contributed by atoms with Crippen molar-refractivity contribution in [1.29, 1.82) is 0 Å². The van der Waals surface area contributed by atoms with Crippen molar-refractivity contribution in [2.24, 2.45) is 5.41 Å². The van der Waals surface area contributed by atoms with Gasteiger partial charge in [-0.3, -0.25) is 9.59 Å². The summed E-state index contributed by atoms with van der Waals surface area (Å²) in [5.74, 6) is -1.17. The van der Waals surface area contributed by atoms with E-state index >= 15 is 0 Å². The van der Waals surface area contributed by atoms with E-state index in [1.807, 2.05) is 18.4 Å². The Morgan fingerprint density at radius 3 is 2.50 bits per heavy atom. The molecule has 2 aliphatic rings. The number of aryl methyl sites for hydroxylation is 2. The fraction of sp³-hybridized carbons (Fsp3) is 0.333. The topological polar surface area (TPSA) is 71.5 Å². The smallest absolute Gasteiger partial charge is 0.244 e. The standard InChI is InChI=1S/C21H21NO4S2/c1-13-4-6-15(7-5-13)28(25,26)12-21(3)17-8-9-18-16(10-11-27-18)19(17)22(14(2)23)20(21)24/h4-7,10-11H,8-9,12H2,1-3H3. The van der Waals surface area contributed by atoms with Crippen LogP contribution in [-0.2, 0) is 25.8 Å². The first kappa shape index (κ1) is 19.1. The van der Waals surface area contributed by atoms with Gasteiger partial charge in [-0.1, -0.05) is 17.7 Å². The lowest BCUT2D eigenvalue weighted by molar-refractivity contribution is -0.142. The average Bonchev–Trinajstić information content (AvgIpc) is 3.17. The van der Waals surface area contributed by atoms with Crippen LogP contribution in [0.25, 0.3) is 5.70 Å². The Labute approximate surface area is 168 Å². The molecule has 4 rings (SSSR count). The van der Waals surface area contributed by atoms with Gasteiger partial charge < -0.3 is 0 Å². The second-order valence-corrected chi connectivity index (χ2v) is 10.6. The molecule has 28 heavy (non-hydrogen) atoms. The summed E-state index contributed by atoms with van der Waals surface area (Å²) in [5.41, 5.74) is 1.96. The molecule has 1 aliphatic carbocycles. The third-order valence-corrected chi connectivity index (χ3v) is 8.56. The van der Waals surface area contributed by atoms with Gasteiger partial charge in [0.2, 0.25) is 11.8 Å². The van der Waals surface area contributed by atoms with E-state index in [-0.39, 0.29) is 16.6 Å². The molecule has 0 N–H and O–H groups in total. The first-order valence-corrected chi connectivity index (χ1v) is 11.6. The minimum absolute atomic E-state index is 0.197. The van der Waals surface area contributed by atoms with Gasteiger partial charge in [0.25, 0.3) is 0 Å². The zero-order chi connectivity index (χ0) is 20.3. The fourth-order valence-electron chi connectivity index (χ4n) is 4.19. The maximum absolute atomic E-state index is 13.3. The molecule has 1 aliphatic heterocycles. The van der Waals surface area contributed by atoms with Gasteiger partial charge >= 0.3 is 0 Å². The lowest BCUT2D eigenvalue weighted by atomic mass is 9.79. The minimum atomic E-state index is -3.71. The minimum Gasteiger partial charge on any atom is -0.274 e. The van der Waals surface area contributed by atoms with Crippen LogP contribution in [0.1, 0.15) is 36.3 Å². The molecule has 0 radical (unpaired) electrons. The van der Waals surface area contributed by atoms with Gasteiger partial charge in [0, 0.05) is 17.4 Å². The first-order valence-electron chi connectivity index (χ1n) is 9.10. The summed E-state index contributed by atoms with van der Waals surface area (Å²) in [6.07, 6.45) is 1.34. The highest BCUT2D eigenvalue weighted by atomic mass is 32.2. The van der Waals surface area contributed by atoms with Gasteiger partial charge in [-0.05, 0) is 55.8 Å².